The van der Waals surface area contributed by atoms with Crippen LogP contribution in [0, 0.1) is 0 Å². The van der Waals surface area contributed by atoms with Crippen molar-refractivity contribution in [2.45, 2.75) is 25.8 Å². The van der Waals surface area contributed by atoms with Crippen LogP contribution in [0.2, 0.25) is 0 Å². The monoisotopic (exact) mass is 289 g/mol. The third-order valence-electron chi connectivity index (χ3n) is 3.00. The van der Waals surface area contributed by atoms with Crippen molar-refractivity contribution in [2.75, 3.05) is 0 Å². The fourth-order valence-electron chi connectivity index (χ4n) is 1.86. The van der Waals surface area contributed by atoms with Gasteiger partial charge in [0.2, 0.25) is 5.91 Å². The lowest BCUT2D eigenvalue weighted by Gasteiger charge is -2.08. The Kier molecular flexibility index (Phi) is 4.32. The van der Waals surface area contributed by atoms with Crippen molar-refractivity contribution in [1.29, 1.82) is 0 Å². The molecule has 2 aromatic rings. The number of carbonyl (C=O) groups excluding carboxylic acids is 1. The summed E-state index contributed by atoms with van der Waals surface area (Å²) in [6.07, 6.45) is 0.289. The number of para-hydroxylation sites is 1. The number of fused-ring (bicyclic) bond motifs is 1. The number of aryl methyl sites for hydroxylation is 1. The molecule has 0 fully saturated rings. The number of aromatic nitrogens is 2. The second-order valence-electron chi connectivity index (χ2n) is 4.66. The highest BCUT2D eigenvalue weighted by atomic mass is 16.4. The van der Waals surface area contributed by atoms with Crippen molar-refractivity contribution >= 4 is 22.8 Å². The second-order valence-corrected chi connectivity index (χ2v) is 4.66. The lowest BCUT2D eigenvalue weighted by Crippen LogP contribution is -2.38. The minimum atomic E-state index is -1.10. The molecule has 0 saturated heterocycles. The molecule has 0 aliphatic rings. The van der Waals surface area contributed by atoms with Gasteiger partial charge in [0.1, 0.15) is 11.9 Å². The number of benzene rings is 1. The van der Waals surface area contributed by atoms with Gasteiger partial charge in [0.25, 0.3) is 5.56 Å². The van der Waals surface area contributed by atoms with Crippen molar-refractivity contribution in [1.82, 2.24) is 15.3 Å². The number of aromatic amines is 1. The molecular formula is C14H15N3O4. The van der Waals surface area contributed by atoms with E-state index in [2.05, 4.69) is 15.3 Å². The molecule has 110 valence electrons. The zero-order valence-electron chi connectivity index (χ0n) is 11.4. The first-order valence-corrected chi connectivity index (χ1v) is 6.47. The normalized spacial score (nSPS) is 12.0. The number of carboxylic acids is 1. The van der Waals surface area contributed by atoms with E-state index in [1.807, 2.05) is 0 Å². The number of rotatable bonds is 5. The predicted molar refractivity (Wildman–Crippen MR) is 75.9 cm³/mol. The van der Waals surface area contributed by atoms with Gasteiger partial charge in [-0.3, -0.25) is 14.4 Å². The molecule has 0 unspecified atom stereocenters. The molecule has 0 spiro atoms. The van der Waals surface area contributed by atoms with E-state index in [-0.39, 0.29) is 18.4 Å². The van der Waals surface area contributed by atoms with Gasteiger partial charge in [-0.15, -0.1) is 0 Å². The SMILES string of the molecule is C[C@H](NC(=O)CCc1nc2ccccc2c(=O)[nH]1)C(=O)O. The van der Waals surface area contributed by atoms with Crippen molar-refractivity contribution < 1.29 is 14.7 Å². The number of nitrogens with one attached hydrogen (secondary N) is 2. The topological polar surface area (TPSA) is 112 Å². The number of carbonyl (C=O) groups is 2. The third-order valence-corrected chi connectivity index (χ3v) is 3.00. The van der Waals surface area contributed by atoms with E-state index in [4.69, 9.17) is 5.11 Å². The van der Waals surface area contributed by atoms with Crippen LogP contribution in [-0.4, -0.2) is 33.0 Å². The van der Waals surface area contributed by atoms with Gasteiger partial charge in [-0.05, 0) is 19.1 Å². The third kappa shape index (κ3) is 3.65. The number of nitrogens with zero attached hydrogens (tertiary/aromatic N) is 1. The molecule has 7 nitrogen and oxygen atoms in total. The largest absolute Gasteiger partial charge is 0.480 e. The van der Waals surface area contributed by atoms with Gasteiger partial charge in [0.05, 0.1) is 10.9 Å². The maximum atomic E-state index is 11.8. The smallest absolute Gasteiger partial charge is 0.325 e. The summed E-state index contributed by atoms with van der Waals surface area (Å²) >= 11 is 0. The van der Waals surface area contributed by atoms with Crippen LogP contribution < -0.4 is 10.9 Å². The van der Waals surface area contributed by atoms with E-state index >= 15 is 0 Å². The summed E-state index contributed by atoms with van der Waals surface area (Å²) < 4.78 is 0. The number of aliphatic carboxylic acids is 1. The standard InChI is InChI=1S/C14H15N3O4/c1-8(14(20)21)15-12(18)7-6-11-16-10-5-3-2-4-9(10)13(19)17-11/h2-5,8H,6-7H2,1H3,(H,15,18)(H,20,21)(H,16,17,19)/t8-/m0/s1. The van der Waals surface area contributed by atoms with E-state index in [0.717, 1.165) is 0 Å². The number of hydrogen-bond acceptors (Lipinski definition) is 4. The lowest BCUT2D eigenvalue weighted by atomic mass is 10.2. The number of carboxylic acid groups (broad SMARTS) is 1. The van der Waals surface area contributed by atoms with Crippen molar-refractivity contribution in [3.63, 3.8) is 0 Å². The highest BCUT2D eigenvalue weighted by Crippen LogP contribution is 2.06. The van der Waals surface area contributed by atoms with Crippen LogP contribution in [0.4, 0.5) is 0 Å². The van der Waals surface area contributed by atoms with Gasteiger partial charge in [-0.25, -0.2) is 4.98 Å². The van der Waals surface area contributed by atoms with Crippen molar-refractivity contribution in [2.24, 2.45) is 0 Å². The molecule has 0 saturated carbocycles. The van der Waals surface area contributed by atoms with Crippen LogP contribution in [0.1, 0.15) is 19.2 Å². The molecule has 3 N–H and O–H groups in total. The Morgan fingerprint density at radius 3 is 2.81 bits per heavy atom. The maximum Gasteiger partial charge on any atom is 0.325 e. The van der Waals surface area contributed by atoms with Gasteiger partial charge < -0.3 is 15.4 Å². The Balaban J connectivity index is 2.05. The first-order chi connectivity index (χ1) is 9.97. The highest BCUT2D eigenvalue weighted by Gasteiger charge is 2.14. The summed E-state index contributed by atoms with van der Waals surface area (Å²) in [6.45, 7) is 1.39. The van der Waals surface area contributed by atoms with Gasteiger partial charge in [-0.2, -0.15) is 0 Å². The Morgan fingerprint density at radius 2 is 2.10 bits per heavy atom. The molecule has 1 atom stereocenters. The predicted octanol–water partition coefficient (Wildman–Crippen LogP) is 0.445. The van der Waals surface area contributed by atoms with E-state index in [0.29, 0.717) is 16.7 Å². The quantitative estimate of drug-likeness (QED) is 0.739. The minimum Gasteiger partial charge on any atom is -0.480 e. The summed E-state index contributed by atoms with van der Waals surface area (Å²) in [5.74, 6) is -1.10. The van der Waals surface area contributed by atoms with Crippen molar-refractivity contribution in [3.8, 4) is 0 Å². The number of hydrogen-bond donors (Lipinski definition) is 3. The minimum absolute atomic E-state index is 0.0545. The first kappa shape index (κ1) is 14.7. The average Bonchev–Trinajstić information content (AvgIpc) is 2.45. The molecule has 21 heavy (non-hydrogen) atoms. The highest BCUT2D eigenvalue weighted by molar-refractivity contribution is 5.83. The summed E-state index contributed by atoms with van der Waals surface area (Å²) in [6, 6.07) is 5.98. The molecule has 0 aliphatic heterocycles. The van der Waals surface area contributed by atoms with Gasteiger partial charge in [0, 0.05) is 12.8 Å². The Hall–Kier alpha value is -2.70. The average molecular weight is 289 g/mol. The molecule has 1 aromatic heterocycles. The summed E-state index contributed by atoms with van der Waals surface area (Å²) in [5.41, 5.74) is 0.311. The lowest BCUT2D eigenvalue weighted by molar-refractivity contribution is -0.141. The van der Waals surface area contributed by atoms with Gasteiger partial charge in [-0.1, -0.05) is 12.1 Å². The Labute approximate surface area is 120 Å². The van der Waals surface area contributed by atoms with E-state index in [1.165, 1.54) is 6.92 Å². The van der Waals surface area contributed by atoms with Crippen molar-refractivity contribution in [3.05, 3.63) is 40.4 Å². The fourth-order valence-corrected chi connectivity index (χ4v) is 1.86. The van der Waals surface area contributed by atoms with Crippen LogP contribution in [0.15, 0.2) is 29.1 Å². The van der Waals surface area contributed by atoms with E-state index in [9.17, 15) is 14.4 Å². The molecule has 0 bridgehead atoms. The van der Waals surface area contributed by atoms with Crippen LogP contribution in [-0.2, 0) is 16.0 Å². The van der Waals surface area contributed by atoms with E-state index < -0.39 is 17.9 Å². The molecule has 0 aliphatic carbocycles. The van der Waals surface area contributed by atoms with Crippen LogP contribution >= 0.6 is 0 Å². The summed E-state index contributed by atoms with van der Waals surface area (Å²) in [4.78, 5) is 40.9. The molecule has 1 aromatic carbocycles. The molecule has 2 rings (SSSR count). The summed E-state index contributed by atoms with van der Waals surface area (Å²) in [5, 5.41) is 11.5. The number of amides is 1. The maximum absolute atomic E-state index is 11.8. The van der Waals surface area contributed by atoms with Gasteiger partial charge >= 0.3 is 5.97 Å². The Morgan fingerprint density at radius 1 is 1.38 bits per heavy atom. The molecular weight excluding hydrogens is 274 g/mol. The van der Waals surface area contributed by atoms with Gasteiger partial charge in [0.15, 0.2) is 0 Å². The Bertz CT molecular complexity index is 738. The zero-order valence-corrected chi connectivity index (χ0v) is 11.4. The van der Waals surface area contributed by atoms with E-state index in [1.54, 1.807) is 24.3 Å². The summed E-state index contributed by atoms with van der Waals surface area (Å²) in [7, 11) is 0. The second kappa shape index (κ2) is 6.17. The zero-order chi connectivity index (χ0) is 15.4. The molecule has 1 amide bonds. The number of H-pyrrole nitrogens is 1. The van der Waals surface area contributed by atoms with Crippen LogP contribution in [0.25, 0.3) is 10.9 Å². The first-order valence-electron chi connectivity index (χ1n) is 6.47. The fraction of sp³-hybridized carbons (Fsp3) is 0.286. The molecule has 0 radical (unpaired) electrons. The molecule has 1 heterocycles. The van der Waals surface area contributed by atoms with Crippen LogP contribution in [0.5, 0.6) is 0 Å². The van der Waals surface area contributed by atoms with Crippen LogP contribution in [0.3, 0.4) is 0 Å². The molecule has 7 heteroatoms.